The molecule has 0 aliphatic carbocycles. The number of hydrogen-bond donors (Lipinski definition) is 2. The molecular weight excluding hydrogens is 765 g/mol. The monoisotopic (exact) mass is 806 g/mol. The van der Waals surface area contributed by atoms with Crippen molar-refractivity contribution in [3.05, 3.63) is 234 Å². The lowest BCUT2D eigenvalue weighted by Gasteiger charge is -2.22. The van der Waals surface area contributed by atoms with Gasteiger partial charge in [-0.2, -0.15) is 0 Å². The maximum Gasteiger partial charge on any atom is 0.227 e. The molecule has 0 aliphatic heterocycles. The van der Waals surface area contributed by atoms with Gasteiger partial charge in [0.25, 0.3) is 0 Å². The smallest absolute Gasteiger partial charge is 0.227 e. The number of imidazole rings is 1. The second-order valence-corrected chi connectivity index (χ2v) is 15.1. The molecule has 0 unspecified atom stereocenters. The minimum atomic E-state index is -0.00937. The predicted octanol–water partition coefficient (Wildman–Crippen LogP) is 13.1. The molecule has 3 aromatic heterocycles. The fourth-order valence-electron chi connectivity index (χ4n) is 8.06. The van der Waals surface area contributed by atoms with Crippen molar-refractivity contribution in [2.24, 2.45) is 0 Å². The summed E-state index contributed by atoms with van der Waals surface area (Å²) >= 11 is 0. The number of fused-ring (bicyclic) bond motifs is 3. The molecule has 3 heterocycles. The van der Waals surface area contributed by atoms with Gasteiger partial charge in [0.15, 0.2) is 11.2 Å². The number of oxazole rings is 2. The molecule has 0 radical (unpaired) electrons. The number of anilines is 2. The van der Waals surface area contributed by atoms with E-state index in [1.807, 2.05) is 103 Å². The first-order valence-electron chi connectivity index (χ1n) is 20.6. The van der Waals surface area contributed by atoms with Gasteiger partial charge >= 0.3 is 0 Å². The number of aromatic nitrogens is 4. The van der Waals surface area contributed by atoms with Crippen LogP contribution in [0.4, 0.5) is 11.4 Å². The fraction of sp³-hybridized carbons (Fsp3) is 0.0556. The van der Waals surface area contributed by atoms with Crippen LogP contribution in [0.1, 0.15) is 40.2 Å². The molecule has 3 N–H and O–H groups in total. The SMILES string of the molecule is Cc1nc2cc(-c3nc4ccccc4o3)ccc2n1C(c1ccccc1)c1ccccc1.Nc1cc(-c2nc3ccccc3o2)ccc1NC(c1ccccc1)c1ccccc1. The van der Waals surface area contributed by atoms with Crippen molar-refractivity contribution < 1.29 is 8.83 Å². The summed E-state index contributed by atoms with van der Waals surface area (Å²) in [7, 11) is 0. The standard InChI is InChI=1S/C28H21N3O.C26H21N3O/c1-19-29-24-18-22(28-30-23-14-8-9-15-26(23)32-28)16-17-25(24)31(19)27(20-10-4-2-5-11-20)21-12-6-3-7-13-21;27-21-17-20(26-29-23-13-7-8-14-24(23)30-26)15-16-22(21)28-25(18-9-3-1-4-10-18)19-11-5-2-6-12-19/h2-18,27H,1H3;1-17,25,28H,27H2. The number of rotatable bonds is 9. The van der Waals surface area contributed by atoms with Crippen LogP contribution in [0.25, 0.3) is 56.1 Å². The number of benzene rings is 8. The maximum absolute atomic E-state index is 6.43. The number of para-hydroxylation sites is 4. The van der Waals surface area contributed by atoms with Crippen molar-refractivity contribution in [3.63, 3.8) is 0 Å². The molecule has 8 heteroatoms. The molecule has 300 valence electrons. The van der Waals surface area contributed by atoms with Crippen molar-refractivity contribution in [1.82, 2.24) is 19.5 Å². The second-order valence-electron chi connectivity index (χ2n) is 15.1. The minimum absolute atomic E-state index is 0.00937. The Balaban J connectivity index is 0.000000148. The van der Waals surface area contributed by atoms with Crippen LogP contribution in [0.15, 0.2) is 215 Å². The molecule has 8 nitrogen and oxygen atoms in total. The molecule has 8 aromatic carbocycles. The zero-order valence-corrected chi connectivity index (χ0v) is 34.0. The Hall–Kier alpha value is -8.23. The van der Waals surface area contributed by atoms with E-state index in [2.05, 4.69) is 130 Å². The van der Waals surface area contributed by atoms with Crippen molar-refractivity contribution in [1.29, 1.82) is 0 Å². The summed E-state index contributed by atoms with van der Waals surface area (Å²) in [6.45, 7) is 2.07. The first-order valence-corrected chi connectivity index (χ1v) is 20.6. The Morgan fingerprint density at radius 3 is 1.42 bits per heavy atom. The van der Waals surface area contributed by atoms with Crippen LogP contribution in [0, 0.1) is 6.92 Å². The topological polar surface area (TPSA) is 108 Å². The van der Waals surface area contributed by atoms with E-state index in [0.29, 0.717) is 17.5 Å². The van der Waals surface area contributed by atoms with Crippen LogP contribution in [0.3, 0.4) is 0 Å². The highest BCUT2D eigenvalue weighted by Crippen LogP contribution is 2.35. The lowest BCUT2D eigenvalue weighted by molar-refractivity contribution is 0.619. The van der Waals surface area contributed by atoms with Gasteiger partial charge in [-0.15, -0.1) is 0 Å². The first-order chi connectivity index (χ1) is 30.6. The van der Waals surface area contributed by atoms with Gasteiger partial charge < -0.3 is 24.5 Å². The van der Waals surface area contributed by atoms with Crippen LogP contribution in [0.2, 0.25) is 0 Å². The summed E-state index contributed by atoms with van der Waals surface area (Å²) in [6, 6.07) is 69.6. The Bertz CT molecular complexity index is 3110. The number of nitrogen functional groups attached to an aromatic ring is 1. The van der Waals surface area contributed by atoms with E-state index in [1.165, 1.54) is 22.3 Å². The summed E-state index contributed by atoms with van der Waals surface area (Å²) in [4.78, 5) is 14.1. The van der Waals surface area contributed by atoms with Crippen LogP contribution < -0.4 is 11.1 Å². The number of nitrogens with two attached hydrogens (primary N) is 1. The van der Waals surface area contributed by atoms with Crippen molar-refractivity contribution in [2.45, 2.75) is 19.0 Å². The number of nitrogens with zero attached hydrogens (tertiary/aromatic N) is 4. The summed E-state index contributed by atoms with van der Waals surface area (Å²) in [6.07, 6.45) is 0. The lowest BCUT2D eigenvalue weighted by Crippen LogP contribution is -2.13. The number of hydrogen-bond acceptors (Lipinski definition) is 7. The average Bonchev–Trinajstić information content (AvgIpc) is 4.05. The third kappa shape index (κ3) is 7.69. The summed E-state index contributed by atoms with van der Waals surface area (Å²) < 4.78 is 14.2. The summed E-state index contributed by atoms with van der Waals surface area (Å²) in [5.74, 6) is 2.15. The molecule has 0 saturated carbocycles. The zero-order chi connectivity index (χ0) is 41.8. The van der Waals surface area contributed by atoms with Gasteiger partial charge in [-0.1, -0.05) is 146 Å². The second kappa shape index (κ2) is 16.8. The Labute approximate surface area is 359 Å². The predicted molar refractivity (Wildman–Crippen MR) is 250 cm³/mol. The van der Waals surface area contributed by atoms with E-state index >= 15 is 0 Å². The molecule has 62 heavy (non-hydrogen) atoms. The molecule has 0 spiro atoms. The quantitative estimate of drug-likeness (QED) is 0.140. The number of aryl methyl sites for hydroxylation is 1. The Kier molecular flexibility index (Phi) is 10.3. The van der Waals surface area contributed by atoms with E-state index in [4.69, 9.17) is 19.6 Å². The molecule has 11 rings (SSSR count). The van der Waals surface area contributed by atoms with Gasteiger partial charge in [-0.05, 0) is 89.8 Å². The van der Waals surface area contributed by atoms with Gasteiger partial charge in [0.1, 0.15) is 16.9 Å². The summed E-state index contributed by atoms with van der Waals surface area (Å²) in [5, 5.41) is 3.61. The normalized spacial score (nSPS) is 11.3. The fourth-order valence-corrected chi connectivity index (χ4v) is 8.06. The lowest BCUT2D eigenvalue weighted by atomic mass is 9.98. The van der Waals surface area contributed by atoms with Crippen LogP contribution in [-0.2, 0) is 0 Å². The van der Waals surface area contributed by atoms with Gasteiger partial charge in [-0.3, -0.25) is 0 Å². The van der Waals surface area contributed by atoms with E-state index in [9.17, 15) is 0 Å². The van der Waals surface area contributed by atoms with Gasteiger partial charge in [0.05, 0.1) is 34.5 Å². The minimum Gasteiger partial charge on any atom is -0.436 e. The maximum atomic E-state index is 6.43. The zero-order valence-electron chi connectivity index (χ0n) is 34.0. The van der Waals surface area contributed by atoms with Crippen molar-refractivity contribution >= 4 is 44.6 Å². The highest BCUT2D eigenvalue weighted by atomic mass is 16.4. The van der Waals surface area contributed by atoms with Crippen LogP contribution >= 0.6 is 0 Å². The third-order valence-corrected chi connectivity index (χ3v) is 11.1. The molecule has 0 bridgehead atoms. The molecule has 0 aliphatic rings. The summed E-state index contributed by atoms with van der Waals surface area (Å²) in [5.41, 5.74) is 19.8. The van der Waals surface area contributed by atoms with E-state index in [-0.39, 0.29) is 12.1 Å². The van der Waals surface area contributed by atoms with E-state index in [1.54, 1.807) is 0 Å². The Morgan fingerprint density at radius 1 is 0.468 bits per heavy atom. The largest absolute Gasteiger partial charge is 0.436 e. The molecule has 0 amide bonds. The van der Waals surface area contributed by atoms with Crippen molar-refractivity contribution in [3.8, 4) is 22.9 Å². The molecule has 0 fully saturated rings. The van der Waals surface area contributed by atoms with Gasteiger partial charge in [-0.25, -0.2) is 15.0 Å². The van der Waals surface area contributed by atoms with Crippen LogP contribution in [0.5, 0.6) is 0 Å². The highest BCUT2D eigenvalue weighted by Gasteiger charge is 2.22. The first kappa shape index (κ1) is 38.0. The Morgan fingerprint density at radius 2 is 0.919 bits per heavy atom. The molecule has 0 atom stereocenters. The highest BCUT2D eigenvalue weighted by molar-refractivity contribution is 5.84. The van der Waals surface area contributed by atoms with E-state index in [0.717, 1.165) is 55.9 Å². The average molecular weight is 807 g/mol. The molecule has 0 saturated heterocycles. The molecule has 11 aromatic rings. The number of nitrogens with one attached hydrogen (secondary N) is 1. The van der Waals surface area contributed by atoms with Gasteiger partial charge in [0, 0.05) is 11.1 Å². The van der Waals surface area contributed by atoms with Crippen molar-refractivity contribution in [2.75, 3.05) is 11.1 Å². The van der Waals surface area contributed by atoms with E-state index < -0.39 is 0 Å². The molecular formula is C54H42N6O2. The van der Waals surface area contributed by atoms with Gasteiger partial charge in [0.2, 0.25) is 11.8 Å². The third-order valence-electron chi connectivity index (χ3n) is 11.1. The van der Waals surface area contributed by atoms with Crippen LogP contribution in [-0.4, -0.2) is 19.5 Å².